The number of pyridine rings is 2. The molecule has 0 radical (unpaired) electrons. The molecule has 1 aliphatic carbocycles. The molecule has 0 amide bonds. The van der Waals surface area contributed by atoms with Gasteiger partial charge in [-0.25, -0.2) is 0 Å². The minimum atomic E-state index is -0.0957. The van der Waals surface area contributed by atoms with Crippen LogP contribution in [0.1, 0.15) is 12.8 Å². The van der Waals surface area contributed by atoms with Crippen LogP contribution in [0.25, 0.3) is 21.5 Å². The highest BCUT2D eigenvalue weighted by molar-refractivity contribution is 6.35. The molecule has 6 nitrogen and oxygen atoms in total. The number of likely N-dealkylation sites (tertiary alicyclic amines) is 1. The minimum absolute atomic E-state index is 0.0957. The van der Waals surface area contributed by atoms with Crippen molar-refractivity contribution in [3.05, 3.63) is 76.4 Å². The molecule has 174 valence electrons. The highest BCUT2D eigenvalue weighted by Gasteiger charge is 2.53. The summed E-state index contributed by atoms with van der Waals surface area (Å²) in [6, 6.07) is 14.0. The minimum Gasteiger partial charge on any atom is -0.490 e. The molecule has 1 saturated heterocycles. The number of hydrogen-bond acceptors (Lipinski definition) is 5. The second-order valence-electron chi connectivity index (χ2n) is 9.79. The number of aromatic nitrogens is 2. The van der Waals surface area contributed by atoms with Crippen LogP contribution >= 0.6 is 11.6 Å². The van der Waals surface area contributed by atoms with E-state index >= 15 is 0 Å². The fourth-order valence-corrected chi connectivity index (χ4v) is 5.78. The lowest BCUT2D eigenvalue weighted by Gasteiger charge is -2.58. The third kappa shape index (κ3) is 3.81. The lowest BCUT2D eigenvalue weighted by Crippen LogP contribution is -2.65. The Balaban J connectivity index is 1.00. The molecule has 0 unspecified atom stereocenters. The van der Waals surface area contributed by atoms with Gasteiger partial charge in [0.2, 0.25) is 0 Å². The Bertz CT molecular complexity index is 1440. The molecule has 2 aliphatic rings. The number of ether oxygens (including phenoxy) is 1. The number of halogens is 1. The average molecular weight is 475 g/mol. The van der Waals surface area contributed by atoms with Gasteiger partial charge >= 0.3 is 0 Å². The molecule has 3 heterocycles. The molecule has 2 aromatic carbocycles. The smallest absolute Gasteiger partial charge is 0.259 e. The Hall–Kier alpha value is -3.09. The van der Waals surface area contributed by atoms with Crippen LogP contribution < -0.4 is 15.6 Å². The molecule has 2 aromatic heterocycles. The van der Waals surface area contributed by atoms with E-state index in [1.54, 1.807) is 23.9 Å². The van der Waals surface area contributed by atoms with E-state index in [4.69, 9.17) is 16.3 Å². The van der Waals surface area contributed by atoms with E-state index in [9.17, 15) is 4.79 Å². The van der Waals surface area contributed by atoms with Crippen molar-refractivity contribution in [3.63, 3.8) is 0 Å². The number of anilines is 1. The van der Waals surface area contributed by atoms with Gasteiger partial charge < -0.3 is 19.5 Å². The summed E-state index contributed by atoms with van der Waals surface area (Å²) < 4.78 is 7.86. The molecule has 0 bridgehead atoms. The van der Waals surface area contributed by atoms with E-state index in [0.29, 0.717) is 15.8 Å². The summed E-state index contributed by atoms with van der Waals surface area (Å²) >= 11 is 6.31. The Morgan fingerprint density at radius 3 is 2.85 bits per heavy atom. The first-order valence-corrected chi connectivity index (χ1v) is 12.1. The van der Waals surface area contributed by atoms with E-state index in [0.717, 1.165) is 61.2 Å². The molecule has 1 N–H and O–H groups in total. The Morgan fingerprint density at radius 2 is 2.00 bits per heavy atom. The Morgan fingerprint density at radius 1 is 1.15 bits per heavy atom. The standard InChI is InChI=1S/C27H27ClN4O2/c1-31-10-7-22-24(5-4-23(28)25(22)26(31)33)34-21-13-27(14-21)16-32(17-27)11-9-30-20-3-2-18-6-8-29-15-19(18)12-20/h2-8,10,12,15,21,30H,9,11,13-14,16-17H2,1H3. The summed E-state index contributed by atoms with van der Waals surface area (Å²) in [4.78, 5) is 19.2. The quantitative estimate of drug-likeness (QED) is 0.439. The topological polar surface area (TPSA) is 59.4 Å². The van der Waals surface area contributed by atoms with Crippen molar-refractivity contribution in [2.45, 2.75) is 18.9 Å². The van der Waals surface area contributed by atoms with Crippen LogP contribution in [0.3, 0.4) is 0 Å². The highest BCUT2D eigenvalue weighted by atomic mass is 35.5. The molecule has 4 aromatic rings. The Labute approximate surface area is 203 Å². The second-order valence-corrected chi connectivity index (χ2v) is 10.2. The summed E-state index contributed by atoms with van der Waals surface area (Å²) in [6.45, 7) is 4.20. The van der Waals surface area contributed by atoms with E-state index in [-0.39, 0.29) is 11.7 Å². The zero-order chi connectivity index (χ0) is 23.3. The van der Waals surface area contributed by atoms with Crippen molar-refractivity contribution in [1.29, 1.82) is 0 Å². The SMILES string of the molecule is Cn1ccc2c(OC3CC4(C3)CN(CCNc3ccc5ccncc5c3)C4)ccc(Cl)c2c1=O. The third-order valence-electron chi connectivity index (χ3n) is 7.28. The maximum atomic E-state index is 12.5. The normalized spacial score (nSPS) is 17.6. The van der Waals surface area contributed by atoms with Crippen molar-refractivity contribution in [3.8, 4) is 5.75 Å². The lowest BCUT2D eigenvalue weighted by atomic mass is 9.62. The van der Waals surface area contributed by atoms with E-state index in [1.807, 2.05) is 30.6 Å². The zero-order valence-corrected chi connectivity index (χ0v) is 19.9. The summed E-state index contributed by atoms with van der Waals surface area (Å²) in [5, 5.41) is 7.70. The zero-order valence-electron chi connectivity index (χ0n) is 19.1. The number of fused-ring (bicyclic) bond motifs is 2. The summed E-state index contributed by atoms with van der Waals surface area (Å²) in [5.41, 5.74) is 1.43. The van der Waals surface area contributed by atoms with Gasteiger partial charge in [-0.2, -0.15) is 0 Å². The fraction of sp³-hybridized carbons (Fsp3) is 0.333. The predicted molar refractivity (Wildman–Crippen MR) is 137 cm³/mol. The van der Waals surface area contributed by atoms with Gasteiger partial charge in [-0.1, -0.05) is 17.7 Å². The van der Waals surface area contributed by atoms with Crippen molar-refractivity contribution in [2.75, 3.05) is 31.5 Å². The van der Waals surface area contributed by atoms with Crippen molar-refractivity contribution < 1.29 is 4.74 Å². The van der Waals surface area contributed by atoms with Gasteiger partial charge in [-0.3, -0.25) is 9.78 Å². The molecule has 7 heteroatoms. The first-order valence-electron chi connectivity index (χ1n) is 11.7. The van der Waals surface area contributed by atoms with Gasteiger partial charge in [0.1, 0.15) is 5.75 Å². The molecule has 34 heavy (non-hydrogen) atoms. The molecule has 1 saturated carbocycles. The van der Waals surface area contributed by atoms with Crippen LogP contribution in [-0.4, -0.2) is 46.7 Å². The van der Waals surface area contributed by atoms with Crippen LogP contribution in [0.2, 0.25) is 5.02 Å². The summed E-state index contributed by atoms with van der Waals surface area (Å²) in [6.07, 6.45) is 7.81. The summed E-state index contributed by atoms with van der Waals surface area (Å²) in [7, 11) is 1.73. The second kappa shape index (κ2) is 8.29. The lowest BCUT2D eigenvalue weighted by molar-refractivity contribution is -0.117. The van der Waals surface area contributed by atoms with E-state index < -0.39 is 0 Å². The highest BCUT2D eigenvalue weighted by Crippen LogP contribution is 2.50. The molecule has 1 spiro atoms. The van der Waals surface area contributed by atoms with Gasteiger partial charge in [-0.05, 0) is 54.6 Å². The fourth-order valence-electron chi connectivity index (χ4n) is 5.53. The average Bonchev–Trinajstić information content (AvgIpc) is 2.79. The number of nitrogens with one attached hydrogen (secondary N) is 1. The van der Waals surface area contributed by atoms with Gasteiger partial charge in [-0.15, -0.1) is 0 Å². The van der Waals surface area contributed by atoms with Gasteiger partial charge in [0.15, 0.2) is 0 Å². The maximum Gasteiger partial charge on any atom is 0.259 e. The monoisotopic (exact) mass is 474 g/mol. The van der Waals surface area contributed by atoms with Crippen LogP contribution in [-0.2, 0) is 7.05 Å². The number of aryl methyl sites for hydroxylation is 1. The van der Waals surface area contributed by atoms with E-state index in [1.165, 1.54) is 5.39 Å². The van der Waals surface area contributed by atoms with Gasteiger partial charge in [0.25, 0.3) is 5.56 Å². The van der Waals surface area contributed by atoms with Crippen LogP contribution in [0.4, 0.5) is 5.69 Å². The van der Waals surface area contributed by atoms with Gasteiger partial charge in [0, 0.05) is 73.7 Å². The molecular weight excluding hydrogens is 448 g/mol. The third-order valence-corrected chi connectivity index (χ3v) is 7.60. The molecule has 1 aliphatic heterocycles. The number of nitrogens with zero attached hydrogens (tertiary/aromatic N) is 3. The van der Waals surface area contributed by atoms with Crippen molar-refractivity contribution in [1.82, 2.24) is 14.5 Å². The first kappa shape index (κ1) is 21.4. The van der Waals surface area contributed by atoms with Crippen LogP contribution in [0, 0.1) is 5.41 Å². The number of hydrogen-bond donors (Lipinski definition) is 1. The molecule has 2 fully saturated rings. The largest absolute Gasteiger partial charge is 0.490 e. The molecule has 0 atom stereocenters. The first-order chi connectivity index (χ1) is 16.5. The number of benzene rings is 2. The maximum absolute atomic E-state index is 12.5. The Kier molecular flexibility index (Phi) is 5.23. The van der Waals surface area contributed by atoms with Crippen molar-refractivity contribution >= 4 is 38.8 Å². The van der Waals surface area contributed by atoms with Gasteiger partial charge in [0.05, 0.1) is 16.5 Å². The predicted octanol–water partition coefficient (Wildman–Crippen LogP) is 4.70. The van der Waals surface area contributed by atoms with Crippen LogP contribution in [0.5, 0.6) is 5.75 Å². The molecular formula is C27H27ClN4O2. The van der Waals surface area contributed by atoms with E-state index in [2.05, 4.69) is 33.4 Å². The van der Waals surface area contributed by atoms with Crippen LogP contribution in [0.15, 0.2) is 65.8 Å². The molecule has 6 rings (SSSR count). The summed E-state index contributed by atoms with van der Waals surface area (Å²) in [5.74, 6) is 0.753. The van der Waals surface area contributed by atoms with Crippen molar-refractivity contribution in [2.24, 2.45) is 12.5 Å². The number of rotatable bonds is 6.